The predicted molar refractivity (Wildman–Crippen MR) is 138 cm³/mol. The number of halogens is 3. The van der Waals surface area contributed by atoms with Gasteiger partial charge in [-0.1, -0.05) is 63.1 Å². The fourth-order valence-electron chi connectivity index (χ4n) is 4.34. The highest BCUT2D eigenvalue weighted by molar-refractivity contribution is 5.95. The number of aromatic nitrogens is 2. The van der Waals surface area contributed by atoms with Gasteiger partial charge in [0, 0.05) is 25.2 Å². The molecule has 1 heterocycles. The quantitative estimate of drug-likeness (QED) is 0.290. The Balaban J connectivity index is 2.05. The van der Waals surface area contributed by atoms with Gasteiger partial charge in [0.15, 0.2) is 5.69 Å². The van der Waals surface area contributed by atoms with Crippen LogP contribution in [-0.4, -0.2) is 34.0 Å². The molecule has 0 spiro atoms. The van der Waals surface area contributed by atoms with Gasteiger partial charge < -0.3 is 15.0 Å². The van der Waals surface area contributed by atoms with E-state index in [0.29, 0.717) is 36.8 Å². The molecule has 9 heteroatoms. The fraction of sp³-hybridized carbons (Fsp3) is 0.429. The highest BCUT2D eigenvalue weighted by Gasteiger charge is 2.39. The number of hydrogen-bond donors (Lipinski definition) is 1. The number of alkyl halides is 3. The van der Waals surface area contributed by atoms with E-state index in [1.54, 1.807) is 47.0 Å². The summed E-state index contributed by atoms with van der Waals surface area (Å²) in [6, 6.07) is 14.1. The van der Waals surface area contributed by atoms with Crippen molar-refractivity contribution in [3.05, 3.63) is 71.0 Å². The first-order valence-electron chi connectivity index (χ1n) is 12.6. The second-order valence-corrected chi connectivity index (χ2v) is 9.06. The van der Waals surface area contributed by atoms with Crippen molar-refractivity contribution in [2.24, 2.45) is 5.73 Å². The van der Waals surface area contributed by atoms with Crippen molar-refractivity contribution in [2.75, 3.05) is 13.7 Å². The predicted octanol–water partition coefficient (Wildman–Crippen LogP) is 6.28. The first kappa shape index (κ1) is 28.2. The fourth-order valence-corrected chi connectivity index (χ4v) is 4.34. The average Bonchev–Trinajstić information content (AvgIpc) is 3.24. The summed E-state index contributed by atoms with van der Waals surface area (Å²) in [5.74, 6) is 0.0735. The van der Waals surface area contributed by atoms with Gasteiger partial charge in [-0.05, 0) is 37.1 Å². The molecule has 3 aromatic rings. The number of amides is 1. The third-order valence-corrected chi connectivity index (χ3v) is 6.25. The Labute approximate surface area is 216 Å². The van der Waals surface area contributed by atoms with E-state index in [1.807, 2.05) is 24.8 Å². The van der Waals surface area contributed by atoms with Gasteiger partial charge in [0.2, 0.25) is 0 Å². The van der Waals surface area contributed by atoms with Crippen LogP contribution >= 0.6 is 0 Å². The number of imidazole rings is 1. The summed E-state index contributed by atoms with van der Waals surface area (Å²) in [5, 5.41) is 0. The molecule has 0 fully saturated rings. The van der Waals surface area contributed by atoms with Crippen molar-refractivity contribution < 1.29 is 22.7 Å². The monoisotopic (exact) mass is 516 g/mol. The number of methoxy groups -OCH3 is 1. The first-order chi connectivity index (χ1) is 17.7. The molecule has 200 valence electrons. The van der Waals surface area contributed by atoms with Gasteiger partial charge in [0.05, 0.1) is 18.4 Å². The summed E-state index contributed by atoms with van der Waals surface area (Å²) in [4.78, 5) is 17.8. The highest BCUT2D eigenvalue weighted by atomic mass is 19.4. The van der Waals surface area contributed by atoms with Gasteiger partial charge in [-0.25, -0.2) is 4.98 Å². The molecule has 2 aromatic carbocycles. The Morgan fingerprint density at radius 1 is 1.05 bits per heavy atom. The van der Waals surface area contributed by atoms with Crippen LogP contribution in [-0.2, 0) is 25.8 Å². The molecule has 0 saturated heterocycles. The SMILES string of the molecule is CCCCN(Cc1ccc(C(N)=O)c(OC)c1)Cc1c(C(F)(F)F)nc(-c2ccccc2)n1CCCC. The minimum absolute atomic E-state index is 0.0816. The smallest absolute Gasteiger partial charge is 0.435 e. The Bertz CT molecular complexity index is 1180. The number of hydrogen-bond acceptors (Lipinski definition) is 4. The second-order valence-electron chi connectivity index (χ2n) is 9.06. The first-order valence-corrected chi connectivity index (χ1v) is 12.6. The molecule has 37 heavy (non-hydrogen) atoms. The van der Waals surface area contributed by atoms with Crippen molar-refractivity contribution in [1.82, 2.24) is 14.5 Å². The number of nitrogens with zero attached hydrogens (tertiary/aromatic N) is 3. The zero-order valence-corrected chi connectivity index (χ0v) is 21.6. The van der Waals surface area contributed by atoms with Gasteiger partial charge >= 0.3 is 6.18 Å². The maximum Gasteiger partial charge on any atom is 0.435 e. The zero-order chi connectivity index (χ0) is 27.0. The maximum atomic E-state index is 14.3. The van der Waals surface area contributed by atoms with Crippen molar-refractivity contribution in [1.29, 1.82) is 0 Å². The number of ether oxygens (including phenoxy) is 1. The second kappa shape index (κ2) is 12.8. The molecule has 6 nitrogen and oxygen atoms in total. The van der Waals surface area contributed by atoms with Gasteiger partial charge in [-0.2, -0.15) is 13.2 Å². The third-order valence-electron chi connectivity index (χ3n) is 6.25. The average molecular weight is 517 g/mol. The van der Waals surface area contributed by atoms with Crippen LogP contribution < -0.4 is 10.5 Å². The van der Waals surface area contributed by atoms with E-state index in [1.165, 1.54) is 7.11 Å². The van der Waals surface area contributed by atoms with E-state index in [9.17, 15) is 18.0 Å². The van der Waals surface area contributed by atoms with Crippen molar-refractivity contribution in [3.63, 3.8) is 0 Å². The number of carbonyl (C=O) groups is 1. The summed E-state index contributed by atoms with van der Waals surface area (Å²) in [5.41, 5.74) is 6.48. The third kappa shape index (κ3) is 7.13. The van der Waals surface area contributed by atoms with E-state index in [2.05, 4.69) is 4.98 Å². The normalized spacial score (nSPS) is 11.8. The molecule has 3 rings (SSSR count). The summed E-state index contributed by atoms with van der Waals surface area (Å²) >= 11 is 0. The lowest BCUT2D eigenvalue weighted by Crippen LogP contribution is -2.27. The van der Waals surface area contributed by atoms with E-state index in [-0.39, 0.29) is 17.8 Å². The molecule has 2 N–H and O–H groups in total. The molecule has 0 atom stereocenters. The molecule has 0 unspecified atom stereocenters. The van der Waals surface area contributed by atoms with Crippen LogP contribution in [0, 0.1) is 0 Å². The zero-order valence-electron chi connectivity index (χ0n) is 21.6. The van der Waals surface area contributed by atoms with E-state index >= 15 is 0 Å². The molecule has 0 radical (unpaired) electrons. The lowest BCUT2D eigenvalue weighted by atomic mass is 10.1. The number of carbonyl (C=O) groups excluding carboxylic acids is 1. The molecule has 1 aromatic heterocycles. The van der Waals surface area contributed by atoms with Crippen LogP contribution in [0.5, 0.6) is 5.75 Å². The van der Waals surface area contributed by atoms with Crippen LogP contribution in [0.3, 0.4) is 0 Å². The molecule has 0 saturated carbocycles. The minimum atomic E-state index is -4.58. The largest absolute Gasteiger partial charge is 0.496 e. The number of primary amides is 1. The number of nitrogens with two attached hydrogens (primary N) is 1. The van der Waals surface area contributed by atoms with Crippen molar-refractivity contribution >= 4 is 5.91 Å². The van der Waals surface area contributed by atoms with Crippen LogP contribution in [0.15, 0.2) is 48.5 Å². The number of benzene rings is 2. The van der Waals surface area contributed by atoms with Crippen molar-refractivity contribution in [2.45, 2.75) is 65.3 Å². The van der Waals surface area contributed by atoms with Gasteiger partial charge in [-0.15, -0.1) is 0 Å². The molecule has 0 aliphatic heterocycles. The topological polar surface area (TPSA) is 73.4 Å². The van der Waals surface area contributed by atoms with Crippen molar-refractivity contribution in [3.8, 4) is 17.1 Å². The van der Waals surface area contributed by atoms with E-state index in [0.717, 1.165) is 31.2 Å². The highest BCUT2D eigenvalue weighted by Crippen LogP contribution is 2.36. The van der Waals surface area contributed by atoms with Crippen LogP contribution in [0.25, 0.3) is 11.4 Å². The van der Waals surface area contributed by atoms with Gasteiger partial charge in [-0.3, -0.25) is 9.69 Å². The Morgan fingerprint density at radius 2 is 1.76 bits per heavy atom. The summed E-state index contributed by atoms with van der Waals surface area (Å²) in [6.45, 7) is 5.57. The summed E-state index contributed by atoms with van der Waals surface area (Å²) < 4.78 is 49.9. The molecule has 0 aliphatic rings. The summed E-state index contributed by atoms with van der Waals surface area (Å²) in [6.07, 6.45) is -1.28. The van der Waals surface area contributed by atoms with Crippen LogP contribution in [0.2, 0.25) is 0 Å². The standard InChI is InChI=1S/C28H35F3N4O2/c1-4-6-15-34(18-20-13-14-22(26(32)36)24(17-20)37-3)19-23-25(28(29,30)31)33-27(35(23)16-7-5-2)21-11-9-8-10-12-21/h8-14,17H,4-7,15-16,18-19H2,1-3H3,(H2,32,36). The molecule has 0 aliphatic carbocycles. The van der Waals surface area contributed by atoms with Gasteiger partial charge in [0.1, 0.15) is 11.6 Å². The lowest BCUT2D eigenvalue weighted by Gasteiger charge is -2.25. The van der Waals surface area contributed by atoms with E-state index in [4.69, 9.17) is 10.5 Å². The lowest BCUT2D eigenvalue weighted by molar-refractivity contribution is -0.141. The van der Waals surface area contributed by atoms with E-state index < -0.39 is 17.8 Å². The van der Waals surface area contributed by atoms with Crippen LogP contribution in [0.4, 0.5) is 13.2 Å². The Hall–Kier alpha value is -3.33. The molecular formula is C28H35F3N4O2. The van der Waals surface area contributed by atoms with Crippen LogP contribution in [0.1, 0.15) is 66.8 Å². The molecule has 0 bridgehead atoms. The minimum Gasteiger partial charge on any atom is -0.496 e. The molecule has 1 amide bonds. The number of rotatable bonds is 13. The maximum absolute atomic E-state index is 14.3. The Kier molecular flexibility index (Phi) is 9.74. The summed E-state index contributed by atoms with van der Waals surface area (Å²) in [7, 11) is 1.45. The Morgan fingerprint density at radius 3 is 2.35 bits per heavy atom. The number of unbranched alkanes of at least 4 members (excludes halogenated alkanes) is 2. The van der Waals surface area contributed by atoms with Gasteiger partial charge in [0.25, 0.3) is 5.91 Å². The molecular weight excluding hydrogens is 481 g/mol.